The number of aryl methyl sites for hydroxylation is 1. The van der Waals surface area contributed by atoms with E-state index in [1.807, 2.05) is 0 Å². The van der Waals surface area contributed by atoms with Gasteiger partial charge in [0.25, 0.3) is 12.0 Å². The maximum atomic E-state index is 13.4. The molecule has 0 radical (unpaired) electrons. The number of nitrogens with zero attached hydrogens (tertiary/aromatic N) is 1. The van der Waals surface area contributed by atoms with Crippen LogP contribution in [0.3, 0.4) is 0 Å². The van der Waals surface area contributed by atoms with Gasteiger partial charge in [0.15, 0.2) is 5.75 Å². The molecule has 35 heavy (non-hydrogen) atoms. The third kappa shape index (κ3) is 7.16. The maximum absolute atomic E-state index is 13.4. The monoisotopic (exact) mass is 508 g/mol. The Kier molecular flexibility index (Phi) is 9.59. The number of aromatic nitrogens is 2. The predicted octanol–water partition coefficient (Wildman–Crippen LogP) is 5.93. The van der Waals surface area contributed by atoms with Crippen LogP contribution in [0.25, 0.3) is 11.3 Å². The first-order valence-corrected chi connectivity index (χ1v) is 10.7. The number of carbonyl (C=O) groups excluding carboxylic acids is 1. The molecule has 11 heteroatoms. The van der Waals surface area contributed by atoms with E-state index in [9.17, 15) is 18.4 Å². The van der Waals surface area contributed by atoms with Crippen molar-refractivity contribution in [2.45, 2.75) is 40.2 Å². The van der Waals surface area contributed by atoms with Crippen molar-refractivity contribution < 1.29 is 23.0 Å². The Bertz CT molecular complexity index is 1230. The van der Waals surface area contributed by atoms with Crippen molar-refractivity contribution in [3.63, 3.8) is 0 Å². The van der Waals surface area contributed by atoms with E-state index < -0.39 is 12.5 Å². The minimum absolute atomic E-state index is 0. The molecular weight excluding hydrogens is 482 g/mol. The summed E-state index contributed by atoms with van der Waals surface area (Å²) in [6.07, 6.45) is -1.49. The van der Waals surface area contributed by atoms with Crippen LogP contribution < -0.4 is 25.7 Å². The summed E-state index contributed by atoms with van der Waals surface area (Å²) in [5.74, 6) is 0.260. The minimum atomic E-state index is -2.76. The van der Waals surface area contributed by atoms with Crippen LogP contribution in [0, 0.1) is 6.92 Å². The topological polar surface area (TPSA) is 105 Å². The zero-order valence-corrected chi connectivity index (χ0v) is 20.5. The minimum Gasteiger partial charge on any atom is -0.491 e. The van der Waals surface area contributed by atoms with Gasteiger partial charge in [0.2, 0.25) is 0 Å². The number of halogens is 3. The quantitative estimate of drug-likeness (QED) is 0.349. The molecule has 1 aromatic carbocycles. The van der Waals surface area contributed by atoms with E-state index in [4.69, 9.17) is 9.47 Å². The summed E-state index contributed by atoms with van der Waals surface area (Å²) in [7, 11) is 0. The third-order valence-corrected chi connectivity index (χ3v) is 4.66. The second kappa shape index (κ2) is 12.2. The summed E-state index contributed by atoms with van der Waals surface area (Å²) in [4.78, 5) is 31.4. The number of hydrogen-bond donors (Lipinski definition) is 3. The van der Waals surface area contributed by atoms with Gasteiger partial charge in [-0.1, -0.05) is 0 Å². The highest BCUT2D eigenvalue weighted by Gasteiger charge is 2.17. The van der Waals surface area contributed by atoms with Gasteiger partial charge in [0, 0.05) is 17.4 Å². The molecule has 8 nitrogen and oxygen atoms in total. The van der Waals surface area contributed by atoms with Crippen molar-refractivity contribution in [3.05, 3.63) is 64.2 Å². The van der Waals surface area contributed by atoms with Gasteiger partial charge in [-0.05, 0) is 64.1 Å². The molecule has 3 N–H and O–H groups in total. The predicted molar refractivity (Wildman–Crippen MR) is 133 cm³/mol. The number of aromatic amines is 1. The molecule has 2 amide bonds. The van der Waals surface area contributed by atoms with E-state index in [0.717, 1.165) is 0 Å². The van der Waals surface area contributed by atoms with E-state index in [1.54, 1.807) is 45.9 Å². The number of ether oxygens (including phenoxy) is 2. The second-order valence-corrected chi connectivity index (χ2v) is 7.64. The van der Waals surface area contributed by atoms with Crippen molar-refractivity contribution in [1.29, 1.82) is 0 Å². The van der Waals surface area contributed by atoms with E-state index in [1.165, 1.54) is 24.4 Å². The molecule has 0 saturated carbocycles. The van der Waals surface area contributed by atoms with Crippen molar-refractivity contribution in [1.82, 2.24) is 9.97 Å². The molecule has 0 aliphatic carbocycles. The number of rotatable bonds is 8. The Morgan fingerprint density at radius 3 is 2.49 bits per heavy atom. The first-order chi connectivity index (χ1) is 16.2. The molecule has 0 aliphatic rings. The molecule has 2 aromatic heterocycles. The molecule has 0 aliphatic heterocycles. The van der Waals surface area contributed by atoms with Gasteiger partial charge >= 0.3 is 6.03 Å². The zero-order chi connectivity index (χ0) is 24.8. The largest absolute Gasteiger partial charge is 0.491 e. The van der Waals surface area contributed by atoms with Gasteiger partial charge in [-0.2, -0.15) is 0 Å². The lowest BCUT2D eigenvalue weighted by atomic mass is 10.1. The normalized spacial score (nSPS) is 10.6. The van der Waals surface area contributed by atoms with Crippen molar-refractivity contribution in [3.8, 4) is 22.8 Å². The van der Waals surface area contributed by atoms with Gasteiger partial charge in [0.1, 0.15) is 5.75 Å². The Hall–Kier alpha value is -3.66. The number of nitrogens with one attached hydrogen (secondary N) is 3. The lowest BCUT2D eigenvalue weighted by Crippen LogP contribution is -2.20. The Balaban J connectivity index is 0.00000432. The number of pyridine rings is 2. The number of benzene rings is 1. The van der Waals surface area contributed by atoms with Gasteiger partial charge in [0.05, 0.1) is 35.3 Å². The Labute approximate surface area is 207 Å². The van der Waals surface area contributed by atoms with Gasteiger partial charge < -0.3 is 25.1 Å². The van der Waals surface area contributed by atoms with Crippen LogP contribution in [-0.2, 0) is 0 Å². The fraction of sp³-hybridized carbons (Fsp3) is 0.292. The van der Waals surface area contributed by atoms with Crippen LogP contribution in [-0.4, -0.2) is 28.7 Å². The third-order valence-electron chi connectivity index (χ3n) is 4.66. The second-order valence-electron chi connectivity index (χ2n) is 7.64. The molecule has 0 spiro atoms. The first-order valence-electron chi connectivity index (χ1n) is 10.7. The van der Waals surface area contributed by atoms with Crippen LogP contribution in [0.4, 0.5) is 25.0 Å². The standard InChI is InChI=1S/C24H26F2N4O4.ClH/c1-5-33-21-10-15(12-27-23(21)31)19-8-7-18(14(4)28-19)30-24(32)29-16-6-9-20(34-13(2)3)17(11-16)22(25)26;/h6-13,22H,5H2,1-4H3,(H,27,31)(H2,29,30,32);1H. The van der Waals surface area contributed by atoms with Crippen LogP contribution in [0.15, 0.2) is 47.4 Å². The van der Waals surface area contributed by atoms with Crippen LogP contribution in [0.1, 0.15) is 38.5 Å². The number of alkyl halides is 2. The SMILES string of the molecule is CCOc1cc(-c2ccc(NC(=O)Nc3ccc(OC(C)C)c(C(F)F)c3)c(C)n2)c[nH]c1=O.Cl. The lowest BCUT2D eigenvalue weighted by molar-refractivity contribution is 0.141. The zero-order valence-electron chi connectivity index (χ0n) is 19.6. The van der Waals surface area contributed by atoms with E-state index in [-0.39, 0.29) is 46.8 Å². The number of hydrogen-bond acceptors (Lipinski definition) is 5. The van der Waals surface area contributed by atoms with Gasteiger partial charge in [-0.3, -0.25) is 9.78 Å². The molecule has 0 atom stereocenters. The summed E-state index contributed by atoms with van der Waals surface area (Å²) in [5.41, 5.74) is 1.73. The fourth-order valence-electron chi connectivity index (χ4n) is 3.17. The van der Waals surface area contributed by atoms with Gasteiger partial charge in [-0.15, -0.1) is 12.4 Å². The molecule has 0 fully saturated rings. The molecule has 0 bridgehead atoms. The lowest BCUT2D eigenvalue weighted by Gasteiger charge is -2.16. The maximum Gasteiger partial charge on any atom is 0.323 e. The number of H-pyrrole nitrogens is 1. The van der Waals surface area contributed by atoms with Crippen molar-refractivity contribution in [2.24, 2.45) is 0 Å². The van der Waals surface area contributed by atoms with E-state index in [2.05, 4.69) is 20.6 Å². The average molecular weight is 509 g/mol. The highest BCUT2D eigenvalue weighted by Crippen LogP contribution is 2.32. The summed E-state index contributed by atoms with van der Waals surface area (Å²) in [6.45, 7) is 7.32. The smallest absolute Gasteiger partial charge is 0.323 e. The number of anilines is 2. The van der Waals surface area contributed by atoms with Crippen molar-refractivity contribution in [2.75, 3.05) is 17.2 Å². The summed E-state index contributed by atoms with van der Waals surface area (Å²) < 4.78 is 37.6. The highest BCUT2D eigenvalue weighted by atomic mass is 35.5. The van der Waals surface area contributed by atoms with Crippen LogP contribution in [0.2, 0.25) is 0 Å². The highest BCUT2D eigenvalue weighted by molar-refractivity contribution is 6.00. The summed E-state index contributed by atoms with van der Waals surface area (Å²) in [6, 6.07) is 8.40. The summed E-state index contributed by atoms with van der Waals surface area (Å²) in [5, 5.41) is 5.20. The Morgan fingerprint density at radius 1 is 1.11 bits per heavy atom. The summed E-state index contributed by atoms with van der Waals surface area (Å²) >= 11 is 0. The Morgan fingerprint density at radius 2 is 1.86 bits per heavy atom. The average Bonchev–Trinajstić information content (AvgIpc) is 2.77. The van der Waals surface area contributed by atoms with Crippen LogP contribution >= 0.6 is 12.4 Å². The van der Waals surface area contributed by atoms with E-state index >= 15 is 0 Å². The number of amides is 2. The fourth-order valence-corrected chi connectivity index (χ4v) is 3.17. The molecule has 188 valence electrons. The molecule has 3 aromatic rings. The molecule has 2 heterocycles. The van der Waals surface area contributed by atoms with Gasteiger partial charge in [-0.25, -0.2) is 13.6 Å². The molecule has 0 unspecified atom stereocenters. The molecular formula is C24H27ClF2N4O4. The van der Waals surface area contributed by atoms with Crippen LogP contribution in [0.5, 0.6) is 11.5 Å². The molecule has 0 saturated heterocycles. The number of carbonyl (C=O) groups is 1. The number of urea groups is 1. The van der Waals surface area contributed by atoms with Crippen molar-refractivity contribution >= 4 is 29.8 Å². The van der Waals surface area contributed by atoms with E-state index in [0.29, 0.717) is 29.2 Å². The molecule has 3 rings (SSSR count). The first kappa shape index (κ1) is 27.6.